The summed E-state index contributed by atoms with van der Waals surface area (Å²) in [5.41, 5.74) is 1.01. The topological polar surface area (TPSA) is 113 Å². The van der Waals surface area contributed by atoms with Gasteiger partial charge in [-0.05, 0) is 31.2 Å². The quantitative estimate of drug-likeness (QED) is 0.451. The van der Waals surface area contributed by atoms with Gasteiger partial charge in [0.15, 0.2) is 11.0 Å². The molecule has 1 aliphatic rings. The van der Waals surface area contributed by atoms with E-state index in [1.54, 1.807) is 36.4 Å². The van der Waals surface area contributed by atoms with Gasteiger partial charge in [0.05, 0.1) is 12.5 Å². The van der Waals surface area contributed by atoms with Crippen LogP contribution in [0.2, 0.25) is 0 Å². The minimum atomic E-state index is -0.599. The minimum absolute atomic E-state index is 0.0261. The second-order valence-electron chi connectivity index (χ2n) is 5.65. The van der Waals surface area contributed by atoms with E-state index in [1.165, 1.54) is 19.4 Å². The summed E-state index contributed by atoms with van der Waals surface area (Å²) in [6, 6.07) is 10.1. The van der Waals surface area contributed by atoms with Crippen LogP contribution in [-0.2, 0) is 9.59 Å². The van der Waals surface area contributed by atoms with Crippen LogP contribution in [0.5, 0.6) is 0 Å². The van der Waals surface area contributed by atoms with Crippen molar-refractivity contribution in [2.75, 3.05) is 5.32 Å². The average molecular weight is 384 g/mol. The van der Waals surface area contributed by atoms with E-state index < -0.39 is 5.25 Å². The smallest absolute Gasteiger partial charge is 0.240 e. The Morgan fingerprint density at radius 1 is 1.33 bits per heavy atom. The standard InChI is InChI=1S/C18H16N4O4S/c1-11(23)12-4-2-5-13(8-12)20-16(24)9-15-17(25)21-18(27-15)22-19-10-14-6-3-7-26-14/h2-8,10,15H,9H2,1H3,(H,20,24)(H,21,22,25). The Kier molecular flexibility index (Phi) is 5.82. The molecule has 0 aliphatic carbocycles. The number of ketones is 1. The lowest BCUT2D eigenvalue weighted by Crippen LogP contribution is -2.28. The third kappa shape index (κ3) is 5.14. The maximum atomic E-state index is 12.2. The summed E-state index contributed by atoms with van der Waals surface area (Å²) < 4.78 is 5.09. The molecule has 27 heavy (non-hydrogen) atoms. The first-order valence-corrected chi connectivity index (χ1v) is 8.92. The average Bonchev–Trinajstić information content (AvgIpc) is 3.25. The van der Waals surface area contributed by atoms with Crippen molar-refractivity contribution in [2.45, 2.75) is 18.6 Å². The lowest BCUT2D eigenvalue weighted by atomic mass is 10.1. The Morgan fingerprint density at radius 3 is 2.93 bits per heavy atom. The van der Waals surface area contributed by atoms with Crippen molar-refractivity contribution < 1.29 is 18.8 Å². The highest BCUT2D eigenvalue weighted by Crippen LogP contribution is 2.23. The number of hydrogen-bond acceptors (Lipinski definition) is 7. The van der Waals surface area contributed by atoms with Crippen LogP contribution in [0.15, 0.2) is 57.3 Å². The monoisotopic (exact) mass is 384 g/mol. The number of Topliss-reactive ketones (excluding diaryl/α,β-unsaturated/α-hetero) is 1. The fraction of sp³-hybridized carbons (Fsp3) is 0.167. The molecular weight excluding hydrogens is 368 g/mol. The third-order valence-corrected chi connectivity index (χ3v) is 4.65. The van der Waals surface area contributed by atoms with Crippen LogP contribution in [0.1, 0.15) is 29.5 Å². The number of rotatable bonds is 6. The highest BCUT2D eigenvalue weighted by atomic mass is 32.2. The molecule has 9 heteroatoms. The van der Waals surface area contributed by atoms with Crippen molar-refractivity contribution in [1.29, 1.82) is 0 Å². The molecule has 2 heterocycles. The largest absolute Gasteiger partial charge is 0.463 e. The van der Waals surface area contributed by atoms with Crippen molar-refractivity contribution in [2.24, 2.45) is 10.2 Å². The molecule has 1 aliphatic heterocycles. The first-order valence-electron chi connectivity index (χ1n) is 8.04. The van der Waals surface area contributed by atoms with Gasteiger partial charge in [0.1, 0.15) is 11.0 Å². The number of nitrogens with zero attached hydrogens (tertiary/aromatic N) is 2. The third-order valence-electron chi connectivity index (χ3n) is 3.58. The van der Waals surface area contributed by atoms with Crippen molar-refractivity contribution in [3.8, 4) is 0 Å². The second-order valence-corrected chi connectivity index (χ2v) is 6.84. The molecule has 0 saturated carbocycles. The summed E-state index contributed by atoms with van der Waals surface area (Å²) in [6.45, 7) is 1.45. The molecule has 0 bridgehead atoms. The Bertz CT molecular complexity index is 921. The van der Waals surface area contributed by atoms with E-state index in [1.807, 2.05) is 0 Å². The van der Waals surface area contributed by atoms with Gasteiger partial charge in [0.25, 0.3) is 0 Å². The van der Waals surface area contributed by atoms with Gasteiger partial charge in [-0.15, -0.1) is 5.10 Å². The number of furan rings is 1. The number of amides is 2. The molecule has 3 rings (SSSR count). The number of nitrogens with one attached hydrogen (secondary N) is 2. The first kappa shape index (κ1) is 18.6. The number of benzene rings is 1. The van der Waals surface area contributed by atoms with Crippen LogP contribution >= 0.6 is 11.8 Å². The normalized spacial score (nSPS) is 18.0. The van der Waals surface area contributed by atoms with Crippen molar-refractivity contribution >= 4 is 46.4 Å². The molecule has 1 aromatic carbocycles. The predicted octanol–water partition coefficient (Wildman–Crippen LogP) is 2.43. The molecule has 2 N–H and O–H groups in total. The van der Waals surface area contributed by atoms with Crippen LogP contribution in [0.4, 0.5) is 5.69 Å². The molecule has 138 valence electrons. The summed E-state index contributed by atoms with van der Waals surface area (Å²) in [6.07, 6.45) is 2.91. The number of carbonyl (C=O) groups excluding carboxylic acids is 3. The fourth-order valence-corrected chi connectivity index (χ4v) is 3.21. The van der Waals surface area contributed by atoms with E-state index in [4.69, 9.17) is 4.42 Å². The van der Waals surface area contributed by atoms with Crippen LogP contribution in [0.3, 0.4) is 0 Å². The summed E-state index contributed by atoms with van der Waals surface area (Å²) in [5, 5.41) is 12.7. The van der Waals surface area contributed by atoms with Gasteiger partial charge >= 0.3 is 0 Å². The molecule has 0 radical (unpaired) electrons. The number of thioether (sulfide) groups is 1. The van der Waals surface area contributed by atoms with Gasteiger partial charge in [0.2, 0.25) is 11.8 Å². The molecule has 1 atom stereocenters. The zero-order valence-electron chi connectivity index (χ0n) is 14.3. The molecule has 1 fully saturated rings. The van der Waals surface area contributed by atoms with Gasteiger partial charge in [-0.25, -0.2) is 0 Å². The molecular formula is C18H16N4O4S. The summed E-state index contributed by atoms with van der Waals surface area (Å²) >= 11 is 1.13. The maximum absolute atomic E-state index is 12.2. The minimum Gasteiger partial charge on any atom is -0.463 e. The first-order chi connectivity index (χ1) is 13.0. The van der Waals surface area contributed by atoms with Crippen molar-refractivity contribution in [1.82, 2.24) is 5.32 Å². The van der Waals surface area contributed by atoms with E-state index in [0.29, 0.717) is 22.2 Å². The maximum Gasteiger partial charge on any atom is 0.240 e. The number of hydrogen-bond donors (Lipinski definition) is 2. The highest BCUT2D eigenvalue weighted by molar-refractivity contribution is 8.15. The summed E-state index contributed by atoms with van der Waals surface area (Å²) in [4.78, 5) is 35.6. The van der Waals surface area contributed by atoms with Gasteiger partial charge in [-0.2, -0.15) is 5.10 Å². The molecule has 1 saturated heterocycles. The van der Waals surface area contributed by atoms with Crippen LogP contribution in [0, 0.1) is 0 Å². The van der Waals surface area contributed by atoms with Gasteiger partial charge in [-0.3, -0.25) is 14.4 Å². The lowest BCUT2D eigenvalue weighted by molar-refractivity contribution is -0.122. The highest BCUT2D eigenvalue weighted by Gasteiger charge is 2.32. The second kappa shape index (κ2) is 8.45. The van der Waals surface area contributed by atoms with Crippen LogP contribution in [0.25, 0.3) is 0 Å². The summed E-state index contributed by atoms with van der Waals surface area (Å²) in [5.74, 6) is -0.187. The van der Waals surface area contributed by atoms with E-state index in [-0.39, 0.29) is 24.0 Å². The number of amidine groups is 1. The van der Waals surface area contributed by atoms with Gasteiger partial charge in [-0.1, -0.05) is 23.9 Å². The van der Waals surface area contributed by atoms with Gasteiger partial charge in [0, 0.05) is 17.7 Å². The van der Waals surface area contributed by atoms with Crippen LogP contribution in [-0.4, -0.2) is 34.2 Å². The molecule has 1 aromatic heterocycles. The van der Waals surface area contributed by atoms with Crippen LogP contribution < -0.4 is 10.6 Å². The SMILES string of the molecule is CC(=O)c1cccc(NC(=O)CC2S/C(=N/N=Cc3ccco3)NC2=O)c1. The van der Waals surface area contributed by atoms with Gasteiger partial charge < -0.3 is 15.1 Å². The van der Waals surface area contributed by atoms with E-state index in [2.05, 4.69) is 20.8 Å². The zero-order valence-corrected chi connectivity index (χ0v) is 15.2. The number of carbonyl (C=O) groups is 3. The van der Waals surface area contributed by atoms with E-state index >= 15 is 0 Å². The predicted molar refractivity (Wildman–Crippen MR) is 103 cm³/mol. The lowest BCUT2D eigenvalue weighted by Gasteiger charge is -2.08. The van der Waals surface area contributed by atoms with E-state index in [9.17, 15) is 14.4 Å². The Morgan fingerprint density at radius 2 is 2.19 bits per heavy atom. The molecule has 8 nitrogen and oxygen atoms in total. The molecule has 1 unspecified atom stereocenters. The Balaban J connectivity index is 1.56. The molecule has 2 aromatic rings. The van der Waals surface area contributed by atoms with E-state index in [0.717, 1.165) is 11.8 Å². The number of anilines is 1. The fourth-order valence-electron chi connectivity index (χ4n) is 2.29. The van der Waals surface area contributed by atoms with Crippen molar-refractivity contribution in [3.63, 3.8) is 0 Å². The summed E-state index contributed by atoms with van der Waals surface area (Å²) in [7, 11) is 0. The Labute approximate surface area is 159 Å². The molecule has 0 spiro atoms. The molecule has 2 amide bonds. The zero-order chi connectivity index (χ0) is 19.2. The van der Waals surface area contributed by atoms with Crippen molar-refractivity contribution in [3.05, 3.63) is 54.0 Å². The Hall–Kier alpha value is -3.20.